The fourth-order valence-corrected chi connectivity index (χ4v) is 8.35. The van der Waals surface area contributed by atoms with Gasteiger partial charge in [-0.1, -0.05) is 111 Å². The highest BCUT2D eigenvalue weighted by Crippen LogP contribution is 2.50. The third-order valence-corrected chi connectivity index (χ3v) is 11.4. The summed E-state index contributed by atoms with van der Waals surface area (Å²) in [6.45, 7) is 13.1. The second-order valence-corrected chi connectivity index (χ2v) is 14.6. The molecule has 0 saturated carbocycles. The second kappa shape index (κ2) is 9.16. The summed E-state index contributed by atoms with van der Waals surface area (Å²) in [6.07, 6.45) is 0. The molecule has 0 spiro atoms. The monoisotopic (exact) mass is 578 g/mol. The van der Waals surface area contributed by atoms with E-state index < -0.39 is 0 Å². The van der Waals surface area contributed by atoms with Crippen molar-refractivity contribution in [2.45, 2.75) is 58.2 Å². The molecule has 1 aliphatic heterocycles. The molecule has 1 aliphatic carbocycles. The van der Waals surface area contributed by atoms with Gasteiger partial charge in [-0.25, -0.2) is 0 Å². The Kier molecular flexibility index (Phi) is 5.73. The van der Waals surface area contributed by atoms with Crippen LogP contribution in [0.15, 0.2) is 103 Å². The van der Waals surface area contributed by atoms with Crippen LogP contribution in [0.25, 0.3) is 53.6 Å². The molecule has 5 aromatic carbocycles. The van der Waals surface area contributed by atoms with Gasteiger partial charge in [-0.15, -0.1) is 11.3 Å². The Labute approximate surface area is 258 Å². The molecule has 8 rings (SSSR count). The van der Waals surface area contributed by atoms with Gasteiger partial charge in [0.05, 0.1) is 11.2 Å². The van der Waals surface area contributed by atoms with Gasteiger partial charge in [0.2, 0.25) is 0 Å². The molecule has 4 heteroatoms. The number of fused-ring (bicyclic) bond motifs is 6. The molecule has 0 radical (unpaired) electrons. The van der Waals surface area contributed by atoms with Gasteiger partial charge >= 0.3 is 7.12 Å². The predicted octanol–water partition coefficient (Wildman–Crippen LogP) is 9.99. The van der Waals surface area contributed by atoms with Crippen LogP contribution in [0.1, 0.15) is 52.7 Å². The average Bonchev–Trinajstić information content (AvgIpc) is 3.57. The lowest BCUT2D eigenvalue weighted by Crippen LogP contribution is -2.41. The smallest absolute Gasteiger partial charge is 0.399 e. The van der Waals surface area contributed by atoms with E-state index in [1.54, 1.807) is 0 Å². The van der Waals surface area contributed by atoms with E-state index >= 15 is 0 Å². The molecule has 0 atom stereocenters. The van der Waals surface area contributed by atoms with E-state index in [2.05, 4.69) is 145 Å². The minimum absolute atomic E-state index is 0.0225. The summed E-state index contributed by atoms with van der Waals surface area (Å²) in [5, 5.41) is 2.61. The molecule has 2 heterocycles. The van der Waals surface area contributed by atoms with Gasteiger partial charge in [0.25, 0.3) is 0 Å². The second-order valence-electron chi connectivity index (χ2n) is 13.6. The van der Waals surface area contributed by atoms with E-state index in [1.807, 2.05) is 11.3 Å². The van der Waals surface area contributed by atoms with Crippen LogP contribution in [-0.4, -0.2) is 18.3 Å². The van der Waals surface area contributed by atoms with Crippen molar-refractivity contribution >= 4 is 44.1 Å². The minimum Gasteiger partial charge on any atom is -0.399 e. The fraction of sp³-hybridized carbons (Fsp3) is 0.231. The number of hydrogen-bond acceptors (Lipinski definition) is 3. The fourth-order valence-electron chi connectivity index (χ4n) is 6.98. The summed E-state index contributed by atoms with van der Waals surface area (Å²) < 4.78 is 15.4. The third-order valence-electron chi connectivity index (χ3n) is 10.1. The lowest BCUT2D eigenvalue weighted by molar-refractivity contribution is 0.00578. The largest absolute Gasteiger partial charge is 0.494 e. The van der Waals surface area contributed by atoms with Crippen LogP contribution in [0.3, 0.4) is 0 Å². The van der Waals surface area contributed by atoms with Crippen LogP contribution < -0.4 is 5.46 Å². The van der Waals surface area contributed by atoms with Crippen LogP contribution in [-0.2, 0) is 14.7 Å². The number of rotatable bonds is 3. The zero-order chi connectivity index (χ0) is 29.7. The van der Waals surface area contributed by atoms with Crippen molar-refractivity contribution in [3.8, 4) is 33.4 Å². The van der Waals surface area contributed by atoms with Crippen molar-refractivity contribution in [1.82, 2.24) is 0 Å². The molecule has 6 aromatic rings. The topological polar surface area (TPSA) is 18.5 Å². The summed E-state index contributed by atoms with van der Waals surface area (Å²) in [4.78, 5) is 0. The summed E-state index contributed by atoms with van der Waals surface area (Å²) in [6, 6.07) is 38.1. The summed E-state index contributed by atoms with van der Waals surface area (Å²) in [5.41, 5.74) is 10.8. The third kappa shape index (κ3) is 3.93. The highest BCUT2D eigenvalue weighted by Gasteiger charge is 2.51. The van der Waals surface area contributed by atoms with Crippen LogP contribution >= 0.6 is 11.3 Å². The van der Waals surface area contributed by atoms with E-state index in [0.29, 0.717) is 0 Å². The van der Waals surface area contributed by atoms with Crippen molar-refractivity contribution in [3.63, 3.8) is 0 Å². The standard InChI is InChI=1S/C39H35BO2S/c1-37(2)33-19-8-7-14-29(33)30-21-20-25(23-34(30)37)28-16-11-18-32-31-17-10-15-27(35(31)43-36(28)32)24-12-9-13-26(22-24)40-41-38(3,4)39(5,6)42-40/h7-23H,1-6H3. The Balaban J connectivity index is 1.24. The molecule has 2 aliphatic rings. The lowest BCUT2D eigenvalue weighted by atomic mass is 9.78. The van der Waals surface area contributed by atoms with Gasteiger partial charge < -0.3 is 9.31 Å². The van der Waals surface area contributed by atoms with Gasteiger partial charge in [0.15, 0.2) is 0 Å². The maximum atomic E-state index is 6.39. The Morgan fingerprint density at radius 3 is 1.74 bits per heavy atom. The number of thiophene rings is 1. The molecule has 212 valence electrons. The summed E-state index contributed by atoms with van der Waals surface area (Å²) in [5.74, 6) is 0. The van der Waals surface area contributed by atoms with Crippen molar-refractivity contribution < 1.29 is 9.31 Å². The number of hydrogen-bond donors (Lipinski definition) is 0. The van der Waals surface area contributed by atoms with Gasteiger partial charge in [0, 0.05) is 25.6 Å². The normalized spacial score (nSPS) is 17.9. The van der Waals surface area contributed by atoms with Crippen LogP contribution in [0.2, 0.25) is 0 Å². The minimum atomic E-state index is -0.381. The van der Waals surface area contributed by atoms with Gasteiger partial charge in [-0.2, -0.15) is 0 Å². The van der Waals surface area contributed by atoms with Crippen molar-refractivity contribution in [2.24, 2.45) is 0 Å². The molecule has 0 amide bonds. The van der Waals surface area contributed by atoms with Crippen molar-refractivity contribution in [3.05, 3.63) is 114 Å². The number of benzene rings is 5. The Morgan fingerprint density at radius 2 is 1.07 bits per heavy atom. The first kappa shape index (κ1) is 26.9. The maximum absolute atomic E-state index is 6.39. The molecule has 43 heavy (non-hydrogen) atoms. The average molecular weight is 579 g/mol. The van der Waals surface area contributed by atoms with Crippen molar-refractivity contribution in [2.75, 3.05) is 0 Å². The van der Waals surface area contributed by atoms with E-state index in [4.69, 9.17) is 9.31 Å². The molecular formula is C39H35BO2S. The Hall–Kier alpha value is -3.70. The van der Waals surface area contributed by atoms with Gasteiger partial charge in [0.1, 0.15) is 0 Å². The Morgan fingerprint density at radius 1 is 0.512 bits per heavy atom. The molecule has 0 N–H and O–H groups in total. The maximum Gasteiger partial charge on any atom is 0.494 e. The van der Waals surface area contributed by atoms with E-state index in [0.717, 1.165) is 5.46 Å². The van der Waals surface area contributed by atoms with E-state index in [9.17, 15) is 0 Å². The highest BCUT2D eigenvalue weighted by molar-refractivity contribution is 7.26. The zero-order valence-electron chi connectivity index (χ0n) is 25.6. The van der Waals surface area contributed by atoms with Crippen molar-refractivity contribution in [1.29, 1.82) is 0 Å². The van der Waals surface area contributed by atoms with Crippen LogP contribution in [0, 0.1) is 0 Å². The highest BCUT2D eigenvalue weighted by atomic mass is 32.1. The van der Waals surface area contributed by atoms with E-state index in [-0.39, 0.29) is 23.7 Å². The SMILES string of the molecule is CC1(C)c2ccccc2-c2ccc(-c3cccc4c3sc3c(-c5cccc(B6OC(C)(C)C(C)(C)O6)c5)cccc34)cc21. The summed E-state index contributed by atoms with van der Waals surface area (Å²) >= 11 is 1.90. The first-order valence-electron chi connectivity index (χ1n) is 15.2. The van der Waals surface area contributed by atoms with Crippen LogP contribution in [0.4, 0.5) is 0 Å². The lowest BCUT2D eigenvalue weighted by Gasteiger charge is -2.32. The quantitative estimate of drug-likeness (QED) is 0.195. The zero-order valence-corrected chi connectivity index (χ0v) is 26.4. The molecule has 1 saturated heterocycles. The molecule has 0 bridgehead atoms. The molecule has 2 nitrogen and oxygen atoms in total. The van der Waals surface area contributed by atoms with E-state index in [1.165, 1.54) is 64.7 Å². The molecule has 1 aromatic heterocycles. The molecular weight excluding hydrogens is 543 g/mol. The van der Waals surface area contributed by atoms with Gasteiger partial charge in [-0.3, -0.25) is 0 Å². The Bertz CT molecular complexity index is 2070. The molecule has 0 unspecified atom stereocenters. The first-order valence-corrected chi connectivity index (χ1v) is 16.0. The predicted molar refractivity (Wildman–Crippen MR) is 183 cm³/mol. The van der Waals surface area contributed by atoms with Crippen LogP contribution in [0.5, 0.6) is 0 Å². The molecule has 1 fully saturated rings. The first-order chi connectivity index (χ1) is 20.5. The summed E-state index contributed by atoms with van der Waals surface area (Å²) in [7, 11) is -0.381. The van der Waals surface area contributed by atoms with Gasteiger partial charge in [-0.05, 0) is 83.7 Å².